The van der Waals surface area contributed by atoms with E-state index in [0.29, 0.717) is 0 Å². The van der Waals surface area contributed by atoms with E-state index in [-0.39, 0.29) is 12.2 Å². The maximum absolute atomic E-state index is 11.6. The van der Waals surface area contributed by atoms with Crippen LogP contribution in [-0.4, -0.2) is 33.8 Å². The van der Waals surface area contributed by atoms with Crippen LogP contribution in [0, 0.1) is 0 Å². The molecule has 0 spiro atoms. The normalized spacial score (nSPS) is 11.7. The second-order valence-electron chi connectivity index (χ2n) is 2.80. The summed E-state index contributed by atoms with van der Waals surface area (Å²) in [5.74, 6) is -1.34. The quantitative estimate of drug-likeness (QED) is 0.807. The average molecular weight is 239 g/mol. The SMILES string of the molecule is Nc1cn(CCOC(F)(F)F)nc1C(=O)O. The smallest absolute Gasteiger partial charge is 0.476 e. The molecule has 0 atom stereocenters. The molecule has 90 valence electrons. The van der Waals surface area contributed by atoms with Crippen molar-refractivity contribution in [3.8, 4) is 0 Å². The monoisotopic (exact) mass is 239 g/mol. The molecule has 0 unspecified atom stereocenters. The first-order valence-corrected chi connectivity index (χ1v) is 4.06. The number of nitrogens with zero attached hydrogens (tertiary/aromatic N) is 2. The van der Waals surface area contributed by atoms with Crippen molar-refractivity contribution in [1.29, 1.82) is 0 Å². The highest BCUT2D eigenvalue weighted by molar-refractivity contribution is 5.91. The molecule has 0 amide bonds. The molecule has 16 heavy (non-hydrogen) atoms. The number of anilines is 1. The topological polar surface area (TPSA) is 90.4 Å². The van der Waals surface area contributed by atoms with Gasteiger partial charge in [0, 0.05) is 6.20 Å². The predicted octanol–water partition coefficient (Wildman–Crippen LogP) is 0.700. The van der Waals surface area contributed by atoms with Crippen LogP contribution in [0.15, 0.2) is 6.20 Å². The lowest BCUT2D eigenvalue weighted by molar-refractivity contribution is -0.325. The van der Waals surface area contributed by atoms with E-state index in [0.717, 1.165) is 10.9 Å². The van der Waals surface area contributed by atoms with Gasteiger partial charge in [-0.25, -0.2) is 4.79 Å². The maximum atomic E-state index is 11.6. The van der Waals surface area contributed by atoms with Gasteiger partial charge in [-0.2, -0.15) is 5.10 Å². The molecular weight excluding hydrogens is 231 g/mol. The Hall–Kier alpha value is -1.77. The third kappa shape index (κ3) is 3.42. The number of hydrogen-bond donors (Lipinski definition) is 2. The fourth-order valence-corrected chi connectivity index (χ4v) is 0.972. The van der Waals surface area contributed by atoms with Crippen LogP contribution in [0.2, 0.25) is 0 Å². The van der Waals surface area contributed by atoms with Crippen molar-refractivity contribution in [3.63, 3.8) is 0 Å². The largest absolute Gasteiger partial charge is 0.522 e. The molecule has 0 aliphatic heterocycles. The van der Waals surface area contributed by atoms with Crippen molar-refractivity contribution in [1.82, 2.24) is 9.78 Å². The predicted molar refractivity (Wildman–Crippen MR) is 45.6 cm³/mol. The number of hydrogen-bond acceptors (Lipinski definition) is 4. The molecule has 1 aromatic rings. The van der Waals surface area contributed by atoms with Crippen molar-refractivity contribution in [2.45, 2.75) is 12.9 Å². The Balaban J connectivity index is 2.56. The third-order valence-electron chi connectivity index (χ3n) is 1.58. The van der Waals surface area contributed by atoms with Gasteiger partial charge in [-0.1, -0.05) is 0 Å². The second-order valence-corrected chi connectivity index (χ2v) is 2.80. The zero-order chi connectivity index (χ0) is 12.3. The Morgan fingerprint density at radius 1 is 1.62 bits per heavy atom. The lowest BCUT2D eigenvalue weighted by Crippen LogP contribution is -2.17. The van der Waals surface area contributed by atoms with Crippen molar-refractivity contribution in [2.24, 2.45) is 0 Å². The first kappa shape index (κ1) is 12.3. The Bertz CT molecular complexity index is 388. The van der Waals surface area contributed by atoms with Gasteiger partial charge in [0.1, 0.15) is 0 Å². The highest BCUT2D eigenvalue weighted by Gasteiger charge is 2.28. The molecule has 1 aromatic heterocycles. The molecule has 3 N–H and O–H groups in total. The maximum Gasteiger partial charge on any atom is 0.522 e. The average Bonchev–Trinajstić information content (AvgIpc) is 2.44. The third-order valence-corrected chi connectivity index (χ3v) is 1.58. The number of carboxylic acids is 1. The fourth-order valence-electron chi connectivity index (χ4n) is 0.972. The molecule has 1 rings (SSSR count). The summed E-state index contributed by atoms with van der Waals surface area (Å²) in [5.41, 5.74) is 4.76. The van der Waals surface area contributed by atoms with Crippen LogP contribution in [0.1, 0.15) is 10.5 Å². The van der Waals surface area contributed by atoms with Crippen LogP contribution in [0.5, 0.6) is 0 Å². The Kier molecular flexibility index (Phi) is 3.38. The number of ether oxygens (including phenoxy) is 1. The molecule has 0 saturated carbocycles. The van der Waals surface area contributed by atoms with Crippen LogP contribution in [0.25, 0.3) is 0 Å². The number of carbonyl (C=O) groups is 1. The molecule has 0 fully saturated rings. The number of carboxylic acid groups (broad SMARTS) is 1. The summed E-state index contributed by atoms with van der Waals surface area (Å²) in [7, 11) is 0. The molecule has 9 heteroatoms. The van der Waals surface area contributed by atoms with Gasteiger partial charge in [0.05, 0.1) is 18.8 Å². The summed E-state index contributed by atoms with van der Waals surface area (Å²) in [5, 5.41) is 12.0. The minimum Gasteiger partial charge on any atom is -0.476 e. The Morgan fingerprint density at radius 2 is 2.25 bits per heavy atom. The molecule has 0 aromatic carbocycles. The fraction of sp³-hybridized carbons (Fsp3) is 0.429. The van der Waals surface area contributed by atoms with Gasteiger partial charge in [0.25, 0.3) is 0 Å². The number of rotatable bonds is 4. The Labute approximate surface area is 87.4 Å². The second kappa shape index (κ2) is 4.39. The van der Waals surface area contributed by atoms with Crippen molar-refractivity contribution >= 4 is 11.7 Å². The summed E-state index contributed by atoms with van der Waals surface area (Å²) in [6.45, 7) is -0.902. The molecule has 6 nitrogen and oxygen atoms in total. The summed E-state index contributed by atoms with van der Waals surface area (Å²) in [6, 6.07) is 0. The van der Waals surface area contributed by atoms with Crippen molar-refractivity contribution in [2.75, 3.05) is 12.3 Å². The summed E-state index contributed by atoms with van der Waals surface area (Å²) in [6.07, 6.45) is -3.59. The zero-order valence-corrected chi connectivity index (χ0v) is 7.86. The highest BCUT2D eigenvalue weighted by Crippen LogP contribution is 2.16. The van der Waals surface area contributed by atoms with E-state index in [9.17, 15) is 18.0 Å². The number of aromatic nitrogens is 2. The van der Waals surface area contributed by atoms with E-state index in [1.807, 2.05) is 0 Å². The number of alkyl halides is 3. The molecule has 0 radical (unpaired) electrons. The van der Waals surface area contributed by atoms with Crippen LogP contribution < -0.4 is 5.73 Å². The van der Waals surface area contributed by atoms with Crippen LogP contribution >= 0.6 is 0 Å². The lowest BCUT2D eigenvalue weighted by atomic mass is 10.4. The summed E-state index contributed by atoms with van der Waals surface area (Å²) in [4.78, 5) is 10.5. The number of halogens is 3. The van der Waals surface area contributed by atoms with E-state index in [4.69, 9.17) is 10.8 Å². The van der Waals surface area contributed by atoms with Crippen LogP contribution in [-0.2, 0) is 11.3 Å². The molecule has 0 bridgehead atoms. The highest BCUT2D eigenvalue weighted by atomic mass is 19.4. The van der Waals surface area contributed by atoms with E-state index < -0.39 is 24.6 Å². The molecule has 0 aliphatic rings. The van der Waals surface area contributed by atoms with Crippen molar-refractivity contribution < 1.29 is 27.8 Å². The van der Waals surface area contributed by atoms with Gasteiger partial charge in [-0.05, 0) is 0 Å². The van der Waals surface area contributed by atoms with Gasteiger partial charge in [-0.15, -0.1) is 13.2 Å². The minimum absolute atomic E-state index is 0.112. The van der Waals surface area contributed by atoms with Gasteiger partial charge >= 0.3 is 12.3 Å². The standard InChI is InChI=1S/C7H8F3N3O3/c8-7(9,10)16-2-1-13-3-4(11)5(12-13)6(14)15/h3H,1-2,11H2,(H,14,15). The first-order valence-electron chi connectivity index (χ1n) is 4.06. The first-order chi connectivity index (χ1) is 7.29. The molecule has 1 heterocycles. The molecule has 0 saturated heterocycles. The zero-order valence-electron chi connectivity index (χ0n) is 7.86. The van der Waals surface area contributed by atoms with E-state index >= 15 is 0 Å². The van der Waals surface area contributed by atoms with Crippen molar-refractivity contribution in [3.05, 3.63) is 11.9 Å². The van der Waals surface area contributed by atoms with Gasteiger partial charge in [0.15, 0.2) is 5.69 Å². The van der Waals surface area contributed by atoms with E-state index in [1.54, 1.807) is 0 Å². The number of nitrogens with two attached hydrogens (primary N) is 1. The number of nitrogen functional groups attached to an aromatic ring is 1. The number of aromatic carboxylic acids is 1. The van der Waals surface area contributed by atoms with E-state index in [1.165, 1.54) is 0 Å². The van der Waals surface area contributed by atoms with E-state index in [2.05, 4.69) is 9.84 Å². The Morgan fingerprint density at radius 3 is 2.69 bits per heavy atom. The summed E-state index contributed by atoms with van der Waals surface area (Å²) >= 11 is 0. The lowest BCUT2D eigenvalue weighted by Gasteiger charge is -2.06. The van der Waals surface area contributed by atoms with Crippen LogP contribution in [0.3, 0.4) is 0 Å². The molecule has 0 aliphatic carbocycles. The summed E-state index contributed by atoms with van der Waals surface area (Å²) < 4.78 is 39.3. The molecular formula is C7H8F3N3O3. The van der Waals surface area contributed by atoms with Gasteiger partial charge in [-0.3, -0.25) is 9.42 Å². The van der Waals surface area contributed by atoms with Gasteiger partial charge in [0.2, 0.25) is 0 Å². The van der Waals surface area contributed by atoms with Gasteiger partial charge < -0.3 is 10.8 Å². The minimum atomic E-state index is -4.71. The van der Waals surface area contributed by atoms with Crippen LogP contribution in [0.4, 0.5) is 18.9 Å².